The molecule has 0 spiro atoms. The molecule has 3 nitrogen and oxygen atoms in total. The van der Waals surface area contributed by atoms with Gasteiger partial charge in [-0.1, -0.05) is 6.07 Å². The minimum absolute atomic E-state index is 0.425. The fourth-order valence-corrected chi connectivity index (χ4v) is 1.21. The topological polar surface area (TPSA) is 48.9 Å². The summed E-state index contributed by atoms with van der Waals surface area (Å²) in [7, 11) is 0. The van der Waals surface area contributed by atoms with Gasteiger partial charge in [-0.25, -0.2) is 4.98 Å². The fraction of sp³-hybridized carbons (Fsp3) is 0.222. The third-order valence-corrected chi connectivity index (χ3v) is 1.93. The molecule has 1 aromatic carbocycles. The zero-order valence-corrected chi connectivity index (χ0v) is 6.78. The van der Waals surface area contributed by atoms with E-state index in [2.05, 4.69) is 9.97 Å². The van der Waals surface area contributed by atoms with Gasteiger partial charge in [0.1, 0.15) is 0 Å². The van der Waals surface area contributed by atoms with Crippen LogP contribution in [0.4, 0.5) is 0 Å². The Morgan fingerprint density at radius 1 is 1.50 bits per heavy atom. The van der Waals surface area contributed by atoms with E-state index in [-0.39, 0.29) is 0 Å². The van der Waals surface area contributed by atoms with Crippen molar-refractivity contribution in [2.45, 2.75) is 13.0 Å². The molecule has 0 radical (unpaired) electrons. The van der Waals surface area contributed by atoms with Crippen LogP contribution in [0.15, 0.2) is 24.5 Å². The van der Waals surface area contributed by atoms with E-state index in [4.69, 9.17) is 0 Å². The molecule has 2 rings (SSSR count). The Kier molecular flexibility index (Phi) is 1.59. The van der Waals surface area contributed by atoms with Crippen molar-refractivity contribution in [3.63, 3.8) is 0 Å². The molecule has 0 saturated carbocycles. The largest absolute Gasteiger partial charge is 0.389 e. The lowest BCUT2D eigenvalue weighted by atomic mass is 10.1. The average molecular weight is 162 g/mol. The fourth-order valence-electron chi connectivity index (χ4n) is 1.21. The molecule has 2 N–H and O–H groups in total. The second-order valence-electron chi connectivity index (χ2n) is 2.86. The molecule has 62 valence electrons. The minimum atomic E-state index is -0.425. The number of rotatable bonds is 1. The molecular formula is C9H10N2O. The van der Waals surface area contributed by atoms with E-state index in [1.54, 1.807) is 13.3 Å². The molecule has 3 heteroatoms. The quantitative estimate of drug-likeness (QED) is 0.669. The van der Waals surface area contributed by atoms with Crippen molar-refractivity contribution >= 4 is 11.0 Å². The van der Waals surface area contributed by atoms with Crippen molar-refractivity contribution in [2.24, 2.45) is 0 Å². The van der Waals surface area contributed by atoms with Crippen LogP contribution < -0.4 is 0 Å². The van der Waals surface area contributed by atoms with Gasteiger partial charge >= 0.3 is 0 Å². The number of fused-ring (bicyclic) bond motifs is 1. The molecule has 1 aromatic heterocycles. The number of nitrogens with zero attached hydrogens (tertiary/aromatic N) is 1. The molecular weight excluding hydrogens is 152 g/mol. The standard InChI is InChI=1S/C9H10N2O/c1-6(12)7-2-3-8-9(4-7)11-5-10-8/h2-6,12H,1H3,(H,10,11). The summed E-state index contributed by atoms with van der Waals surface area (Å²) in [6.45, 7) is 1.74. The number of imidazole rings is 1. The molecule has 0 aliphatic carbocycles. The molecule has 0 bridgehead atoms. The summed E-state index contributed by atoms with van der Waals surface area (Å²) in [4.78, 5) is 7.09. The maximum atomic E-state index is 9.28. The monoisotopic (exact) mass is 162 g/mol. The van der Waals surface area contributed by atoms with Gasteiger partial charge in [-0.2, -0.15) is 0 Å². The van der Waals surface area contributed by atoms with Crippen LogP contribution in [-0.4, -0.2) is 15.1 Å². The normalized spacial score (nSPS) is 13.5. The van der Waals surface area contributed by atoms with E-state index in [0.717, 1.165) is 16.6 Å². The Hall–Kier alpha value is -1.35. The summed E-state index contributed by atoms with van der Waals surface area (Å²) < 4.78 is 0. The number of aromatic nitrogens is 2. The highest BCUT2D eigenvalue weighted by atomic mass is 16.3. The number of hydrogen-bond acceptors (Lipinski definition) is 2. The van der Waals surface area contributed by atoms with Gasteiger partial charge in [0.15, 0.2) is 0 Å². The van der Waals surface area contributed by atoms with Crippen LogP contribution >= 0.6 is 0 Å². The maximum Gasteiger partial charge on any atom is 0.0931 e. The first kappa shape index (κ1) is 7.31. The van der Waals surface area contributed by atoms with Gasteiger partial charge in [0.05, 0.1) is 23.5 Å². The van der Waals surface area contributed by atoms with Gasteiger partial charge in [-0.05, 0) is 24.6 Å². The van der Waals surface area contributed by atoms with Crippen molar-refractivity contribution < 1.29 is 5.11 Å². The molecule has 12 heavy (non-hydrogen) atoms. The third kappa shape index (κ3) is 1.08. The van der Waals surface area contributed by atoms with Gasteiger partial charge in [-0.3, -0.25) is 0 Å². The number of aliphatic hydroxyl groups excluding tert-OH is 1. The lowest BCUT2D eigenvalue weighted by molar-refractivity contribution is 0.199. The van der Waals surface area contributed by atoms with Gasteiger partial charge < -0.3 is 10.1 Å². The molecule has 1 atom stereocenters. The highest BCUT2D eigenvalue weighted by Crippen LogP contribution is 2.16. The molecule has 1 unspecified atom stereocenters. The first-order valence-electron chi connectivity index (χ1n) is 3.88. The lowest BCUT2D eigenvalue weighted by Crippen LogP contribution is -1.89. The molecule has 0 aliphatic heterocycles. The number of aromatic amines is 1. The van der Waals surface area contributed by atoms with Crippen molar-refractivity contribution in [3.05, 3.63) is 30.1 Å². The molecule has 0 amide bonds. The predicted octanol–water partition coefficient (Wildman–Crippen LogP) is 1.62. The van der Waals surface area contributed by atoms with Crippen LogP contribution in [0, 0.1) is 0 Å². The predicted molar refractivity (Wildman–Crippen MR) is 46.7 cm³/mol. The Morgan fingerprint density at radius 2 is 2.33 bits per heavy atom. The first-order valence-corrected chi connectivity index (χ1v) is 3.88. The van der Waals surface area contributed by atoms with Crippen LogP contribution in [0.2, 0.25) is 0 Å². The van der Waals surface area contributed by atoms with Gasteiger partial charge in [0.25, 0.3) is 0 Å². The Labute approximate surface area is 70.1 Å². The summed E-state index contributed by atoms with van der Waals surface area (Å²) in [5.41, 5.74) is 2.79. The molecule has 0 aliphatic rings. The minimum Gasteiger partial charge on any atom is -0.389 e. The van der Waals surface area contributed by atoms with E-state index in [1.807, 2.05) is 18.2 Å². The van der Waals surface area contributed by atoms with Crippen molar-refractivity contribution in [3.8, 4) is 0 Å². The Morgan fingerprint density at radius 3 is 3.08 bits per heavy atom. The zero-order chi connectivity index (χ0) is 8.55. The molecule has 0 saturated heterocycles. The van der Waals surface area contributed by atoms with Crippen LogP contribution in [0.5, 0.6) is 0 Å². The van der Waals surface area contributed by atoms with Crippen LogP contribution in [0.3, 0.4) is 0 Å². The number of hydrogen-bond donors (Lipinski definition) is 2. The smallest absolute Gasteiger partial charge is 0.0931 e. The third-order valence-electron chi connectivity index (χ3n) is 1.93. The van der Waals surface area contributed by atoms with Gasteiger partial charge in [0, 0.05) is 0 Å². The summed E-state index contributed by atoms with van der Waals surface area (Å²) >= 11 is 0. The maximum absolute atomic E-state index is 9.28. The number of aliphatic hydroxyl groups is 1. The molecule has 1 heterocycles. The van der Waals surface area contributed by atoms with Gasteiger partial charge in [0.2, 0.25) is 0 Å². The highest BCUT2D eigenvalue weighted by Gasteiger charge is 2.02. The van der Waals surface area contributed by atoms with E-state index in [0.29, 0.717) is 0 Å². The van der Waals surface area contributed by atoms with Crippen LogP contribution in [0.25, 0.3) is 11.0 Å². The summed E-state index contributed by atoms with van der Waals surface area (Å²) in [6, 6.07) is 5.70. The van der Waals surface area contributed by atoms with Gasteiger partial charge in [-0.15, -0.1) is 0 Å². The average Bonchev–Trinajstić information content (AvgIpc) is 2.49. The van der Waals surface area contributed by atoms with Crippen molar-refractivity contribution in [1.82, 2.24) is 9.97 Å². The summed E-state index contributed by atoms with van der Waals surface area (Å²) in [5.74, 6) is 0. The summed E-state index contributed by atoms with van der Waals surface area (Å²) in [6.07, 6.45) is 1.22. The number of benzene rings is 1. The molecule has 2 aromatic rings. The molecule has 0 fully saturated rings. The highest BCUT2D eigenvalue weighted by molar-refractivity contribution is 5.75. The Bertz CT molecular complexity index is 392. The van der Waals surface area contributed by atoms with Crippen LogP contribution in [-0.2, 0) is 0 Å². The number of nitrogens with one attached hydrogen (secondary N) is 1. The summed E-state index contributed by atoms with van der Waals surface area (Å²) in [5, 5.41) is 9.28. The second-order valence-corrected chi connectivity index (χ2v) is 2.86. The van der Waals surface area contributed by atoms with E-state index in [9.17, 15) is 5.11 Å². The first-order chi connectivity index (χ1) is 5.77. The van der Waals surface area contributed by atoms with Crippen molar-refractivity contribution in [1.29, 1.82) is 0 Å². The zero-order valence-electron chi connectivity index (χ0n) is 6.78. The van der Waals surface area contributed by atoms with Crippen molar-refractivity contribution in [2.75, 3.05) is 0 Å². The van der Waals surface area contributed by atoms with E-state index >= 15 is 0 Å². The van der Waals surface area contributed by atoms with E-state index in [1.165, 1.54) is 0 Å². The SMILES string of the molecule is CC(O)c1ccc2[nH]cnc2c1. The Balaban J connectivity index is 2.60. The second kappa shape index (κ2) is 2.60. The lowest BCUT2D eigenvalue weighted by Gasteiger charge is -2.02. The van der Waals surface area contributed by atoms with E-state index < -0.39 is 6.10 Å². The van der Waals surface area contributed by atoms with Crippen LogP contribution in [0.1, 0.15) is 18.6 Å². The number of H-pyrrole nitrogens is 1.